The molecule has 4 rings (SSSR count). The molecule has 0 unspecified atom stereocenters. The Balaban J connectivity index is 1.72. The fourth-order valence-electron chi connectivity index (χ4n) is 3.13. The van der Waals surface area contributed by atoms with E-state index in [1.165, 1.54) is 24.5 Å². The van der Waals surface area contributed by atoms with Crippen molar-refractivity contribution in [3.63, 3.8) is 0 Å². The van der Waals surface area contributed by atoms with Crippen LogP contribution in [0, 0.1) is 18.6 Å². The van der Waals surface area contributed by atoms with Gasteiger partial charge in [0.2, 0.25) is 0 Å². The SMILES string of the molecule is Cc1cc2c(Nc3cc(-c4ccc(C(F)(F)F)cc4)ccn3)c(F)cc(F)c2cn1. The molecule has 2 aromatic heterocycles. The number of fused-ring (bicyclic) bond motifs is 1. The Kier molecular flexibility index (Phi) is 4.85. The normalized spacial score (nSPS) is 11.7. The number of aromatic nitrogens is 2. The van der Waals surface area contributed by atoms with Crippen LogP contribution >= 0.6 is 0 Å². The first-order valence-corrected chi connectivity index (χ1v) is 8.87. The average Bonchev–Trinajstić information content (AvgIpc) is 2.70. The predicted molar refractivity (Wildman–Crippen MR) is 104 cm³/mol. The van der Waals surface area contributed by atoms with E-state index in [4.69, 9.17) is 0 Å². The summed E-state index contributed by atoms with van der Waals surface area (Å²) in [6, 6.07) is 10.2. The molecule has 30 heavy (non-hydrogen) atoms. The van der Waals surface area contributed by atoms with Gasteiger partial charge in [-0.25, -0.2) is 13.8 Å². The highest BCUT2D eigenvalue weighted by molar-refractivity contribution is 5.95. The molecule has 3 nitrogen and oxygen atoms in total. The molecule has 0 aliphatic carbocycles. The molecule has 1 N–H and O–H groups in total. The lowest BCUT2D eigenvalue weighted by Crippen LogP contribution is -2.04. The number of anilines is 2. The molecule has 0 amide bonds. The van der Waals surface area contributed by atoms with Crippen molar-refractivity contribution in [3.8, 4) is 11.1 Å². The summed E-state index contributed by atoms with van der Waals surface area (Å²) in [7, 11) is 0. The van der Waals surface area contributed by atoms with Crippen LogP contribution in [0.15, 0.2) is 60.9 Å². The highest BCUT2D eigenvalue weighted by Gasteiger charge is 2.30. The monoisotopic (exact) mass is 415 g/mol. The second kappa shape index (κ2) is 7.37. The van der Waals surface area contributed by atoms with Crippen LogP contribution in [-0.2, 0) is 6.18 Å². The number of benzene rings is 2. The molecule has 0 aliphatic rings. The Morgan fingerprint density at radius 3 is 2.23 bits per heavy atom. The van der Waals surface area contributed by atoms with Crippen molar-refractivity contribution in [2.45, 2.75) is 13.1 Å². The van der Waals surface area contributed by atoms with Gasteiger partial charge in [0, 0.05) is 34.9 Å². The predicted octanol–water partition coefficient (Wildman–Crippen LogP) is 6.65. The Morgan fingerprint density at radius 2 is 1.53 bits per heavy atom. The van der Waals surface area contributed by atoms with Gasteiger partial charge in [0.05, 0.1) is 11.3 Å². The first-order valence-electron chi connectivity index (χ1n) is 8.87. The van der Waals surface area contributed by atoms with E-state index in [2.05, 4.69) is 15.3 Å². The zero-order valence-corrected chi connectivity index (χ0v) is 15.6. The van der Waals surface area contributed by atoms with E-state index in [1.54, 1.807) is 25.1 Å². The number of alkyl halides is 3. The summed E-state index contributed by atoms with van der Waals surface area (Å²) in [6.45, 7) is 1.70. The minimum Gasteiger partial charge on any atom is -0.337 e. The average molecular weight is 415 g/mol. The molecule has 0 saturated carbocycles. The fraction of sp³-hybridized carbons (Fsp3) is 0.0909. The molecule has 8 heteroatoms. The van der Waals surface area contributed by atoms with Crippen LogP contribution in [0.4, 0.5) is 33.5 Å². The molecule has 0 atom stereocenters. The second-order valence-electron chi connectivity index (χ2n) is 6.72. The quantitative estimate of drug-likeness (QED) is 0.381. The lowest BCUT2D eigenvalue weighted by atomic mass is 10.0. The second-order valence-corrected chi connectivity index (χ2v) is 6.72. The van der Waals surface area contributed by atoms with Gasteiger partial charge in [-0.15, -0.1) is 0 Å². The highest BCUT2D eigenvalue weighted by Crippen LogP contribution is 2.33. The number of pyridine rings is 2. The zero-order chi connectivity index (χ0) is 21.5. The molecule has 0 saturated heterocycles. The van der Waals surface area contributed by atoms with E-state index >= 15 is 0 Å². The maximum absolute atomic E-state index is 14.5. The molecule has 2 aromatic carbocycles. The number of nitrogens with one attached hydrogen (secondary N) is 1. The van der Waals surface area contributed by atoms with Crippen LogP contribution in [0.25, 0.3) is 21.9 Å². The third-order valence-corrected chi connectivity index (χ3v) is 4.62. The lowest BCUT2D eigenvalue weighted by Gasteiger charge is -2.13. The van der Waals surface area contributed by atoms with Gasteiger partial charge in [0.1, 0.15) is 17.5 Å². The Labute approximate surface area is 168 Å². The lowest BCUT2D eigenvalue weighted by molar-refractivity contribution is -0.137. The fourth-order valence-corrected chi connectivity index (χ4v) is 3.13. The third-order valence-electron chi connectivity index (χ3n) is 4.62. The largest absolute Gasteiger partial charge is 0.416 e. The maximum Gasteiger partial charge on any atom is 0.416 e. The van der Waals surface area contributed by atoms with Crippen LogP contribution < -0.4 is 5.32 Å². The van der Waals surface area contributed by atoms with Gasteiger partial charge in [0.25, 0.3) is 0 Å². The van der Waals surface area contributed by atoms with Crippen molar-refractivity contribution in [3.05, 3.63) is 83.8 Å². The first-order chi connectivity index (χ1) is 14.2. The van der Waals surface area contributed by atoms with Crippen molar-refractivity contribution in [1.29, 1.82) is 0 Å². The topological polar surface area (TPSA) is 37.8 Å². The van der Waals surface area contributed by atoms with E-state index in [9.17, 15) is 22.0 Å². The van der Waals surface area contributed by atoms with E-state index in [0.717, 1.165) is 18.2 Å². The Bertz CT molecular complexity index is 1230. The molecular formula is C22H14F5N3. The van der Waals surface area contributed by atoms with Crippen molar-refractivity contribution in [2.75, 3.05) is 5.32 Å². The van der Waals surface area contributed by atoms with E-state index in [0.29, 0.717) is 22.2 Å². The van der Waals surface area contributed by atoms with E-state index < -0.39 is 23.4 Å². The van der Waals surface area contributed by atoms with Crippen LogP contribution in [0.5, 0.6) is 0 Å². The van der Waals surface area contributed by atoms with Gasteiger partial charge in [0.15, 0.2) is 0 Å². The van der Waals surface area contributed by atoms with Gasteiger partial charge in [-0.2, -0.15) is 13.2 Å². The van der Waals surface area contributed by atoms with Crippen LogP contribution in [-0.4, -0.2) is 9.97 Å². The Morgan fingerprint density at radius 1 is 0.800 bits per heavy atom. The van der Waals surface area contributed by atoms with E-state index in [-0.39, 0.29) is 16.9 Å². The number of nitrogens with zero attached hydrogens (tertiary/aromatic N) is 2. The molecule has 4 aromatic rings. The summed E-state index contributed by atoms with van der Waals surface area (Å²) in [5.41, 5.74) is 1.00. The Hall–Kier alpha value is -3.55. The molecule has 152 valence electrons. The van der Waals surface area contributed by atoms with Crippen molar-refractivity contribution in [2.24, 2.45) is 0 Å². The standard InChI is InChI=1S/C22H14F5N3/c1-12-8-16-17(11-29-12)18(23)10-19(24)21(16)30-20-9-14(6-7-28-20)13-2-4-15(5-3-13)22(25,26)27/h2-11H,1H3,(H,28,30). The van der Waals surface area contributed by atoms with Crippen LogP contribution in [0.1, 0.15) is 11.3 Å². The maximum atomic E-state index is 14.5. The van der Waals surface area contributed by atoms with E-state index in [1.807, 2.05) is 0 Å². The number of halogens is 5. The summed E-state index contributed by atoms with van der Waals surface area (Å²) in [4.78, 5) is 8.18. The summed E-state index contributed by atoms with van der Waals surface area (Å²) in [5, 5.41) is 3.32. The summed E-state index contributed by atoms with van der Waals surface area (Å²) < 4.78 is 66.9. The van der Waals surface area contributed by atoms with Gasteiger partial charge in [-0.05, 0) is 48.4 Å². The van der Waals surface area contributed by atoms with Crippen molar-refractivity contribution < 1.29 is 22.0 Å². The molecule has 0 aliphatic heterocycles. The van der Waals surface area contributed by atoms with Crippen LogP contribution in [0.3, 0.4) is 0 Å². The molecule has 0 radical (unpaired) electrons. The molecule has 2 heterocycles. The molecule has 0 spiro atoms. The summed E-state index contributed by atoms with van der Waals surface area (Å²) in [5.74, 6) is -1.27. The van der Waals surface area contributed by atoms with Gasteiger partial charge in [-0.1, -0.05) is 12.1 Å². The van der Waals surface area contributed by atoms with Gasteiger partial charge in [-0.3, -0.25) is 4.98 Å². The van der Waals surface area contributed by atoms with Crippen molar-refractivity contribution >= 4 is 22.3 Å². The molecular weight excluding hydrogens is 401 g/mol. The molecule has 0 bridgehead atoms. The summed E-state index contributed by atoms with van der Waals surface area (Å²) in [6.07, 6.45) is -1.64. The highest BCUT2D eigenvalue weighted by atomic mass is 19.4. The molecule has 0 fully saturated rings. The number of aryl methyl sites for hydroxylation is 1. The third kappa shape index (κ3) is 3.80. The summed E-state index contributed by atoms with van der Waals surface area (Å²) >= 11 is 0. The minimum atomic E-state index is -4.42. The van der Waals surface area contributed by atoms with Crippen molar-refractivity contribution in [1.82, 2.24) is 9.97 Å². The van der Waals surface area contributed by atoms with Crippen LogP contribution in [0.2, 0.25) is 0 Å². The number of hydrogen-bond acceptors (Lipinski definition) is 3. The van der Waals surface area contributed by atoms with Gasteiger partial charge >= 0.3 is 6.18 Å². The smallest absolute Gasteiger partial charge is 0.337 e. The number of hydrogen-bond donors (Lipinski definition) is 1. The minimum absolute atomic E-state index is 0.0361. The van der Waals surface area contributed by atoms with Gasteiger partial charge < -0.3 is 5.32 Å². The zero-order valence-electron chi connectivity index (χ0n) is 15.6. The number of rotatable bonds is 3. The first kappa shape index (κ1) is 19.8.